The monoisotopic (exact) mass is 736 g/mol. The fourth-order valence-electron chi connectivity index (χ4n) is 4.34. The molecule has 1 heterocycles. The molecule has 304 valence electrons. The van der Waals surface area contributed by atoms with E-state index < -0.39 is 17.9 Å². The van der Waals surface area contributed by atoms with Gasteiger partial charge in [-0.05, 0) is 85.2 Å². The molecule has 0 spiro atoms. The number of Topliss-reactive ketones (excluding diaryl/α,β-unsaturated/α-hetero) is 1. The maximum Gasteiger partial charge on any atom is 0.314 e. The van der Waals surface area contributed by atoms with Crippen molar-refractivity contribution < 1.29 is 24.0 Å². The number of hydrogen-bond acceptors (Lipinski definition) is 6. The number of carbonyl (C=O) groups excluding carboxylic acids is 5. The third-order valence-electron chi connectivity index (χ3n) is 6.85. The van der Waals surface area contributed by atoms with Gasteiger partial charge in [-0.1, -0.05) is 79.2 Å². The third kappa shape index (κ3) is 40.7. The van der Waals surface area contributed by atoms with E-state index in [1.807, 2.05) is 54.7 Å². The Kier molecular flexibility index (Phi) is 57.4. The number of aldehydes is 1. The zero-order valence-electron chi connectivity index (χ0n) is 35.7. The number of rotatable bonds is 16. The van der Waals surface area contributed by atoms with E-state index in [1.54, 1.807) is 13.1 Å². The fraction of sp³-hybridized carbons (Fsp3) is 0.690. The summed E-state index contributed by atoms with van der Waals surface area (Å²) < 4.78 is 0. The predicted octanol–water partition coefficient (Wildman–Crippen LogP) is 8.18. The highest BCUT2D eigenvalue weighted by Gasteiger charge is 2.33. The second-order valence-corrected chi connectivity index (χ2v) is 11.2. The summed E-state index contributed by atoms with van der Waals surface area (Å²) >= 11 is 0. The number of allylic oxidation sites excluding steroid dienone is 4. The van der Waals surface area contributed by atoms with Crippen LogP contribution in [0.1, 0.15) is 140 Å². The predicted molar refractivity (Wildman–Crippen MR) is 224 cm³/mol. The Balaban J connectivity index is -0.000000152. The van der Waals surface area contributed by atoms with Crippen LogP contribution in [0.25, 0.3) is 0 Å². The lowest BCUT2D eigenvalue weighted by Crippen LogP contribution is -2.48. The Hall–Kier alpha value is -3.71. The van der Waals surface area contributed by atoms with Crippen molar-refractivity contribution in [2.75, 3.05) is 27.2 Å². The quantitative estimate of drug-likeness (QED) is 0.0546. The van der Waals surface area contributed by atoms with Crippen molar-refractivity contribution in [2.45, 2.75) is 158 Å². The Bertz CT molecular complexity index is 944. The Morgan fingerprint density at radius 2 is 1.48 bits per heavy atom. The number of amides is 4. The van der Waals surface area contributed by atoms with Crippen LogP contribution in [0.2, 0.25) is 0 Å². The molecule has 0 aromatic heterocycles. The van der Waals surface area contributed by atoms with Crippen molar-refractivity contribution in [1.29, 1.82) is 0 Å². The van der Waals surface area contributed by atoms with Crippen LogP contribution < -0.4 is 21.3 Å². The van der Waals surface area contributed by atoms with E-state index in [2.05, 4.69) is 80.2 Å². The largest absolute Gasteiger partial charge is 0.351 e. The highest BCUT2D eigenvalue weighted by atomic mass is 16.2. The molecule has 1 aliphatic rings. The van der Waals surface area contributed by atoms with E-state index in [0.717, 1.165) is 38.6 Å². The minimum absolute atomic E-state index is 0.0658. The van der Waals surface area contributed by atoms with Gasteiger partial charge in [0.2, 0.25) is 11.8 Å². The summed E-state index contributed by atoms with van der Waals surface area (Å²) in [5, 5.41) is 11.2. The first-order valence-corrected chi connectivity index (χ1v) is 19.3. The lowest BCUT2D eigenvalue weighted by atomic mass is 9.91. The molecule has 0 radical (unpaired) electrons. The van der Waals surface area contributed by atoms with E-state index in [9.17, 15) is 24.0 Å². The molecule has 4 unspecified atom stereocenters. The van der Waals surface area contributed by atoms with Crippen molar-refractivity contribution >= 4 is 29.9 Å². The van der Waals surface area contributed by atoms with Gasteiger partial charge < -0.3 is 26.2 Å². The molecule has 4 atom stereocenters. The molecule has 52 heavy (non-hydrogen) atoms. The first-order chi connectivity index (χ1) is 24.9. The smallest absolute Gasteiger partial charge is 0.314 e. The molecule has 1 fully saturated rings. The number of carbonyl (C=O) groups is 5. The number of nitrogens with zero attached hydrogens (tertiary/aromatic N) is 1. The Morgan fingerprint density at radius 3 is 1.88 bits per heavy atom. The summed E-state index contributed by atoms with van der Waals surface area (Å²) in [4.78, 5) is 58.2. The average molecular weight is 736 g/mol. The molecule has 4 amide bonds. The fourth-order valence-corrected chi connectivity index (χ4v) is 4.34. The maximum absolute atomic E-state index is 12.2. The van der Waals surface area contributed by atoms with E-state index in [1.165, 1.54) is 18.2 Å². The maximum atomic E-state index is 12.2. The van der Waals surface area contributed by atoms with Crippen molar-refractivity contribution in [3.63, 3.8) is 0 Å². The zero-order chi connectivity index (χ0) is 41.8. The van der Waals surface area contributed by atoms with Crippen molar-refractivity contribution in [3.05, 3.63) is 37.5 Å². The topological polar surface area (TPSA) is 137 Å². The molecular weight excluding hydrogens is 654 g/mol. The SMILES string of the molecule is C#CCCC(CC(=O)C=O)NC(=O)C1CCCN1C(C)=O.C=CC.C=CCCC(CC/C=C\C)C(C)NC(=O)NC.CC.CC.CCC.CCNC. The second kappa shape index (κ2) is 49.4. The van der Waals surface area contributed by atoms with E-state index in [-0.39, 0.29) is 36.6 Å². The molecule has 0 aliphatic carbocycles. The van der Waals surface area contributed by atoms with Crippen molar-refractivity contribution in [1.82, 2.24) is 26.2 Å². The van der Waals surface area contributed by atoms with Gasteiger partial charge >= 0.3 is 6.03 Å². The Morgan fingerprint density at radius 1 is 0.962 bits per heavy atom. The van der Waals surface area contributed by atoms with Crippen LogP contribution in [-0.4, -0.2) is 80.1 Å². The van der Waals surface area contributed by atoms with Gasteiger partial charge in [0, 0.05) is 45.4 Å². The molecule has 10 heteroatoms. The van der Waals surface area contributed by atoms with Gasteiger partial charge in [0.15, 0.2) is 12.1 Å². The van der Waals surface area contributed by atoms with Gasteiger partial charge in [-0.25, -0.2) is 4.79 Å². The lowest BCUT2D eigenvalue weighted by molar-refractivity contribution is -0.137. The number of likely N-dealkylation sites (tertiary alicyclic amines) is 1. The van der Waals surface area contributed by atoms with E-state index >= 15 is 0 Å². The minimum Gasteiger partial charge on any atom is -0.351 e. The van der Waals surface area contributed by atoms with Crippen molar-refractivity contribution in [3.8, 4) is 12.3 Å². The third-order valence-corrected chi connectivity index (χ3v) is 6.85. The number of ketones is 1. The van der Waals surface area contributed by atoms with Gasteiger partial charge in [0.05, 0.1) is 0 Å². The number of nitrogens with one attached hydrogen (secondary N) is 4. The van der Waals surface area contributed by atoms with Gasteiger partial charge in [0.1, 0.15) is 6.04 Å². The molecular formula is C42H81N5O5. The molecule has 4 N–H and O–H groups in total. The molecule has 0 aromatic carbocycles. The summed E-state index contributed by atoms with van der Waals surface area (Å²) in [6.07, 6.45) is 21.0. The van der Waals surface area contributed by atoms with Crippen LogP contribution in [0, 0.1) is 18.3 Å². The first kappa shape index (κ1) is 60.4. The summed E-state index contributed by atoms with van der Waals surface area (Å²) in [6.45, 7) is 30.5. The minimum atomic E-state index is -0.577. The van der Waals surface area contributed by atoms with Gasteiger partial charge in [-0.3, -0.25) is 19.2 Å². The van der Waals surface area contributed by atoms with Gasteiger partial charge in [0.25, 0.3) is 0 Å². The summed E-state index contributed by atoms with van der Waals surface area (Å²) in [5.74, 6) is 1.94. The molecule has 10 nitrogen and oxygen atoms in total. The van der Waals surface area contributed by atoms with Crippen molar-refractivity contribution in [2.24, 2.45) is 5.92 Å². The molecule has 1 aliphatic heterocycles. The standard InChI is InChI=1S/C15H20N2O4.C14H26N2O.C3H9N.C3H8.C3H6.2C2H6/c1-3-4-6-12(9-13(20)10-18)16-15(21)14-7-5-8-17(14)11(2)19;1-5-7-9-11-13(10-8-6-2)12(3)16-14(17)15-4;1-3-4-2;2*1-3-2;2*1-2/h1,10,12,14H,4-9H2,2H3,(H,16,21);5-7,12-13H,2,8-11H2,1,3-4H3,(H2,15,16,17);4H,3H2,1-2H3;3H2,1-2H3;3H,1H2,2H3;2*1-2H3/b;7-5-;;;;;. The van der Waals surface area contributed by atoms with Crippen LogP contribution >= 0.6 is 0 Å². The Labute approximate surface area is 320 Å². The average Bonchev–Trinajstić information content (AvgIpc) is 3.66. The molecule has 1 saturated heterocycles. The second-order valence-electron chi connectivity index (χ2n) is 11.2. The highest BCUT2D eigenvalue weighted by Crippen LogP contribution is 2.19. The molecule has 0 aromatic rings. The highest BCUT2D eigenvalue weighted by molar-refractivity contribution is 6.25. The van der Waals surface area contributed by atoms with E-state index in [0.29, 0.717) is 31.7 Å². The number of terminal acetylenes is 1. The summed E-state index contributed by atoms with van der Waals surface area (Å²) in [7, 11) is 3.57. The molecule has 1 rings (SSSR count). The van der Waals surface area contributed by atoms with Crippen LogP contribution in [0.4, 0.5) is 4.79 Å². The normalized spacial score (nSPS) is 13.6. The zero-order valence-corrected chi connectivity index (χ0v) is 35.7. The summed E-state index contributed by atoms with van der Waals surface area (Å²) in [6, 6.07) is -0.880. The number of urea groups is 1. The van der Waals surface area contributed by atoms with Gasteiger partial charge in [-0.15, -0.1) is 25.5 Å². The van der Waals surface area contributed by atoms with Gasteiger partial charge in [-0.2, -0.15) is 0 Å². The first-order valence-electron chi connectivity index (χ1n) is 19.3. The lowest BCUT2D eigenvalue weighted by Gasteiger charge is -2.25. The van der Waals surface area contributed by atoms with Crippen LogP contribution in [-0.2, 0) is 19.2 Å². The molecule has 0 saturated carbocycles. The van der Waals surface area contributed by atoms with Crippen LogP contribution in [0.5, 0.6) is 0 Å². The van der Waals surface area contributed by atoms with Crippen LogP contribution in [0.3, 0.4) is 0 Å². The van der Waals surface area contributed by atoms with E-state index in [4.69, 9.17) is 6.42 Å². The molecule has 0 bridgehead atoms. The summed E-state index contributed by atoms with van der Waals surface area (Å²) in [5.41, 5.74) is 0. The van der Waals surface area contributed by atoms with Crippen LogP contribution in [0.15, 0.2) is 37.5 Å². The number of hydrogen-bond donors (Lipinski definition) is 4.